The number of carbonyl (C=O) groups is 1. The Balaban J connectivity index is 2.44. The third-order valence-corrected chi connectivity index (χ3v) is 3.59. The first-order valence-electron chi connectivity index (χ1n) is 6.71. The number of nitrogens with zero attached hydrogens (tertiary/aromatic N) is 1. The predicted octanol–water partition coefficient (Wildman–Crippen LogP) is 0.975. The maximum Gasteiger partial charge on any atom is 0.222 e. The molecule has 0 spiro atoms. The summed E-state index contributed by atoms with van der Waals surface area (Å²) in [6.45, 7) is 12.6. The van der Waals surface area contributed by atoms with Gasteiger partial charge >= 0.3 is 0 Å². The summed E-state index contributed by atoms with van der Waals surface area (Å²) in [6, 6.07) is 0.279. The van der Waals surface area contributed by atoms with Gasteiger partial charge in [-0.05, 0) is 27.2 Å². The normalized spacial score (nSPS) is 20.0. The highest BCUT2D eigenvalue weighted by Gasteiger charge is 2.30. The van der Waals surface area contributed by atoms with Gasteiger partial charge < -0.3 is 10.6 Å². The molecule has 100 valence electrons. The van der Waals surface area contributed by atoms with Gasteiger partial charge in [0.15, 0.2) is 0 Å². The fourth-order valence-electron chi connectivity index (χ4n) is 2.20. The molecule has 4 heteroatoms. The second kappa shape index (κ2) is 6.36. The number of hydrogen-bond donors (Lipinski definition) is 2. The predicted molar refractivity (Wildman–Crippen MR) is 71.0 cm³/mol. The minimum absolute atomic E-state index is 0.0420. The molecule has 1 atom stereocenters. The standard InChI is InChI=1S/C13H27N3O/c1-5-11(2)15-12(17)10-13(3,4)16-8-6-14-7-9-16/h11,14H,5-10H2,1-4H3,(H,15,17). The van der Waals surface area contributed by atoms with E-state index >= 15 is 0 Å². The molecule has 0 saturated carbocycles. The smallest absolute Gasteiger partial charge is 0.222 e. The van der Waals surface area contributed by atoms with E-state index in [0.29, 0.717) is 6.42 Å². The summed E-state index contributed by atoms with van der Waals surface area (Å²) in [5.74, 6) is 0.169. The molecule has 0 radical (unpaired) electrons. The molecule has 1 unspecified atom stereocenters. The van der Waals surface area contributed by atoms with Crippen LogP contribution in [-0.2, 0) is 4.79 Å². The van der Waals surface area contributed by atoms with Crippen LogP contribution < -0.4 is 10.6 Å². The van der Waals surface area contributed by atoms with E-state index in [4.69, 9.17) is 0 Å². The molecule has 1 aliphatic heterocycles. The van der Waals surface area contributed by atoms with Crippen molar-refractivity contribution in [3.05, 3.63) is 0 Å². The van der Waals surface area contributed by atoms with Gasteiger partial charge in [0.25, 0.3) is 0 Å². The van der Waals surface area contributed by atoms with Crippen LogP contribution in [-0.4, -0.2) is 48.6 Å². The van der Waals surface area contributed by atoms with Crippen LogP contribution in [0.15, 0.2) is 0 Å². The molecule has 1 saturated heterocycles. The lowest BCUT2D eigenvalue weighted by molar-refractivity contribution is -0.124. The fourth-order valence-corrected chi connectivity index (χ4v) is 2.20. The number of carbonyl (C=O) groups excluding carboxylic acids is 1. The van der Waals surface area contributed by atoms with Gasteiger partial charge in [-0.2, -0.15) is 0 Å². The van der Waals surface area contributed by atoms with Crippen molar-refractivity contribution in [2.75, 3.05) is 26.2 Å². The van der Waals surface area contributed by atoms with Crippen LogP contribution in [0.5, 0.6) is 0 Å². The molecule has 1 rings (SSSR count). The third-order valence-electron chi connectivity index (χ3n) is 3.59. The summed E-state index contributed by atoms with van der Waals surface area (Å²) in [6.07, 6.45) is 1.57. The van der Waals surface area contributed by atoms with Crippen molar-refractivity contribution in [1.29, 1.82) is 0 Å². The molecule has 0 aliphatic carbocycles. The summed E-state index contributed by atoms with van der Waals surface area (Å²) in [7, 11) is 0. The highest BCUT2D eigenvalue weighted by atomic mass is 16.1. The lowest BCUT2D eigenvalue weighted by Gasteiger charge is -2.41. The Bertz CT molecular complexity index is 247. The Morgan fingerprint density at radius 2 is 2.00 bits per heavy atom. The van der Waals surface area contributed by atoms with E-state index < -0.39 is 0 Å². The van der Waals surface area contributed by atoms with E-state index in [9.17, 15) is 4.79 Å². The first kappa shape index (κ1) is 14.5. The summed E-state index contributed by atoms with van der Waals surface area (Å²) in [4.78, 5) is 14.3. The van der Waals surface area contributed by atoms with Crippen LogP contribution in [0.3, 0.4) is 0 Å². The monoisotopic (exact) mass is 241 g/mol. The lowest BCUT2D eigenvalue weighted by atomic mass is 9.96. The average molecular weight is 241 g/mol. The van der Waals surface area contributed by atoms with E-state index in [1.807, 2.05) is 0 Å². The van der Waals surface area contributed by atoms with Gasteiger partial charge in [0, 0.05) is 44.2 Å². The molecular formula is C13H27N3O. The fraction of sp³-hybridized carbons (Fsp3) is 0.923. The Morgan fingerprint density at radius 1 is 1.41 bits per heavy atom. The van der Waals surface area contributed by atoms with Crippen molar-refractivity contribution in [2.24, 2.45) is 0 Å². The van der Waals surface area contributed by atoms with Gasteiger partial charge in [0.1, 0.15) is 0 Å². The zero-order valence-electron chi connectivity index (χ0n) is 11.7. The summed E-state index contributed by atoms with van der Waals surface area (Å²) < 4.78 is 0. The van der Waals surface area contributed by atoms with E-state index in [0.717, 1.165) is 32.6 Å². The van der Waals surface area contributed by atoms with Crippen LogP contribution >= 0.6 is 0 Å². The average Bonchev–Trinajstić information content (AvgIpc) is 2.29. The molecule has 0 aromatic carbocycles. The molecule has 0 aromatic rings. The Morgan fingerprint density at radius 3 is 2.53 bits per heavy atom. The van der Waals surface area contributed by atoms with E-state index in [2.05, 4.69) is 43.2 Å². The number of piperazine rings is 1. The highest BCUT2D eigenvalue weighted by Crippen LogP contribution is 2.19. The Kier molecular flexibility index (Phi) is 5.40. The molecular weight excluding hydrogens is 214 g/mol. The van der Waals surface area contributed by atoms with Crippen LogP contribution in [0.1, 0.15) is 40.5 Å². The molecule has 2 N–H and O–H groups in total. The van der Waals surface area contributed by atoms with Crippen LogP contribution in [0, 0.1) is 0 Å². The molecule has 0 aromatic heterocycles. The van der Waals surface area contributed by atoms with Crippen molar-refractivity contribution in [3.63, 3.8) is 0 Å². The topological polar surface area (TPSA) is 44.4 Å². The number of nitrogens with one attached hydrogen (secondary N) is 2. The summed E-state index contributed by atoms with van der Waals surface area (Å²) in [5, 5.41) is 6.38. The molecule has 17 heavy (non-hydrogen) atoms. The molecule has 4 nitrogen and oxygen atoms in total. The highest BCUT2D eigenvalue weighted by molar-refractivity contribution is 5.77. The second-order valence-electron chi connectivity index (χ2n) is 5.60. The quantitative estimate of drug-likeness (QED) is 0.754. The number of hydrogen-bond acceptors (Lipinski definition) is 3. The summed E-state index contributed by atoms with van der Waals surface area (Å²) >= 11 is 0. The minimum atomic E-state index is -0.0420. The second-order valence-corrected chi connectivity index (χ2v) is 5.60. The zero-order chi connectivity index (χ0) is 12.9. The summed E-state index contributed by atoms with van der Waals surface area (Å²) in [5.41, 5.74) is -0.0420. The molecule has 0 bridgehead atoms. The minimum Gasteiger partial charge on any atom is -0.354 e. The van der Waals surface area contributed by atoms with Crippen molar-refractivity contribution in [3.8, 4) is 0 Å². The first-order chi connectivity index (χ1) is 7.95. The van der Waals surface area contributed by atoms with Gasteiger partial charge in [-0.25, -0.2) is 0 Å². The largest absolute Gasteiger partial charge is 0.354 e. The first-order valence-corrected chi connectivity index (χ1v) is 6.71. The van der Waals surface area contributed by atoms with Crippen molar-refractivity contribution in [1.82, 2.24) is 15.5 Å². The SMILES string of the molecule is CCC(C)NC(=O)CC(C)(C)N1CCNCC1. The van der Waals surface area contributed by atoms with E-state index in [1.165, 1.54) is 0 Å². The molecule has 1 aliphatic rings. The van der Waals surface area contributed by atoms with E-state index in [1.54, 1.807) is 0 Å². The van der Waals surface area contributed by atoms with E-state index in [-0.39, 0.29) is 17.5 Å². The van der Waals surface area contributed by atoms with Crippen molar-refractivity contribution in [2.45, 2.75) is 52.1 Å². The van der Waals surface area contributed by atoms with Crippen LogP contribution in [0.4, 0.5) is 0 Å². The van der Waals surface area contributed by atoms with Gasteiger partial charge in [-0.3, -0.25) is 9.69 Å². The zero-order valence-corrected chi connectivity index (χ0v) is 11.7. The van der Waals surface area contributed by atoms with Gasteiger partial charge in [0.05, 0.1) is 0 Å². The van der Waals surface area contributed by atoms with Gasteiger partial charge in [0.2, 0.25) is 5.91 Å². The molecule has 1 fully saturated rings. The Labute approximate surface area is 105 Å². The maximum atomic E-state index is 11.9. The molecule has 1 heterocycles. The third kappa shape index (κ3) is 4.64. The van der Waals surface area contributed by atoms with Gasteiger partial charge in [-0.15, -0.1) is 0 Å². The Hall–Kier alpha value is -0.610. The maximum absolute atomic E-state index is 11.9. The number of amides is 1. The molecule has 1 amide bonds. The number of rotatable bonds is 5. The lowest BCUT2D eigenvalue weighted by Crippen LogP contribution is -2.55. The van der Waals surface area contributed by atoms with Crippen molar-refractivity contribution < 1.29 is 4.79 Å². The van der Waals surface area contributed by atoms with Gasteiger partial charge in [-0.1, -0.05) is 6.92 Å². The van der Waals surface area contributed by atoms with Crippen LogP contribution in [0.25, 0.3) is 0 Å². The van der Waals surface area contributed by atoms with Crippen molar-refractivity contribution >= 4 is 5.91 Å². The van der Waals surface area contributed by atoms with Crippen LogP contribution in [0.2, 0.25) is 0 Å².